The van der Waals surface area contributed by atoms with Gasteiger partial charge in [-0.15, -0.1) is 0 Å². The number of likely N-dealkylation sites (N-methyl/N-ethyl adjacent to an activating group) is 1. The van der Waals surface area contributed by atoms with Gasteiger partial charge in [-0.05, 0) is 25.6 Å². The summed E-state index contributed by atoms with van der Waals surface area (Å²) in [5.74, 6) is 0.357. The zero-order valence-corrected chi connectivity index (χ0v) is 13.8. The maximum absolute atomic E-state index is 12.7. The highest BCUT2D eigenvalue weighted by Crippen LogP contribution is 2.26. The Bertz CT molecular complexity index is 546. The van der Waals surface area contributed by atoms with Crippen LogP contribution in [-0.2, 0) is 4.74 Å². The third-order valence-electron chi connectivity index (χ3n) is 4.48. The molecule has 2 saturated heterocycles. The molecule has 6 heteroatoms. The SMILES string of the molecule is Cc1cccc(Cl)c1NC(=O)N1C[C@@H]2COC[C@H](C1)N(C)C2. The van der Waals surface area contributed by atoms with Crippen LogP contribution < -0.4 is 5.32 Å². The summed E-state index contributed by atoms with van der Waals surface area (Å²) in [6, 6.07) is 5.80. The topological polar surface area (TPSA) is 44.8 Å². The molecule has 0 radical (unpaired) electrons. The summed E-state index contributed by atoms with van der Waals surface area (Å²) >= 11 is 6.20. The minimum atomic E-state index is -0.0802. The standard InChI is InChI=1S/C16H22ClN3O2/c1-11-4-3-5-14(17)15(11)18-16(21)20-7-12-6-19(2)13(8-20)10-22-9-12/h3-5,12-13H,6-10H2,1-2H3,(H,18,21)/t12-,13+/m1/s1. The third kappa shape index (κ3) is 3.21. The highest BCUT2D eigenvalue weighted by Gasteiger charge is 2.33. The molecule has 2 amide bonds. The first-order valence-electron chi connectivity index (χ1n) is 7.63. The van der Waals surface area contributed by atoms with Crippen molar-refractivity contribution in [2.45, 2.75) is 13.0 Å². The molecular weight excluding hydrogens is 302 g/mol. The first-order valence-corrected chi connectivity index (χ1v) is 8.01. The van der Waals surface area contributed by atoms with Crippen molar-refractivity contribution in [2.75, 3.05) is 45.2 Å². The number of anilines is 1. The number of benzene rings is 1. The Morgan fingerprint density at radius 2 is 2.14 bits per heavy atom. The quantitative estimate of drug-likeness (QED) is 0.863. The Morgan fingerprint density at radius 3 is 2.91 bits per heavy atom. The number of aryl methyl sites for hydroxylation is 1. The molecule has 1 aromatic carbocycles. The lowest BCUT2D eigenvalue weighted by Gasteiger charge is -2.30. The largest absolute Gasteiger partial charge is 0.379 e. The Labute approximate surface area is 136 Å². The Balaban J connectivity index is 1.75. The second-order valence-electron chi connectivity index (χ2n) is 6.26. The van der Waals surface area contributed by atoms with Crippen LogP contribution in [0.4, 0.5) is 10.5 Å². The van der Waals surface area contributed by atoms with E-state index in [-0.39, 0.29) is 12.1 Å². The van der Waals surface area contributed by atoms with Crippen LogP contribution in [-0.4, -0.2) is 61.8 Å². The van der Waals surface area contributed by atoms with Crippen LogP contribution in [0.1, 0.15) is 5.56 Å². The summed E-state index contributed by atoms with van der Waals surface area (Å²) in [4.78, 5) is 16.8. The number of fused-ring (bicyclic) bond motifs is 3. The number of halogens is 1. The van der Waals surface area contributed by atoms with Gasteiger partial charge in [0.2, 0.25) is 0 Å². The second kappa shape index (κ2) is 6.44. The van der Waals surface area contributed by atoms with Gasteiger partial charge in [0.1, 0.15) is 0 Å². The molecule has 5 nitrogen and oxygen atoms in total. The van der Waals surface area contributed by atoms with E-state index in [2.05, 4.69) is 17.3 Å². The van der Waals surface area contributed by atoms with E-state index < -0.39 is 0 Å². The Hall–Kier alpha value is -1.30. The highest BCUT2D eigenvalue weighted by molar-refractivity contribution is 6.33. The van der Waals surface area contributed by atoms with Crippen molar-refractivity contribution in [3.8, 4) is 0 Å². The van der Waals surface area contributed by atoms with Gasteiger partial charge >= 0.3 is 6.03 Å². The van der Waals surface area contributed by atoms with Crippen LogP contribution in [0.2, 0.25) is 5.02 Å². The lowest BCUT2D eigenvalue weighted by Crippen LogP contribution is -2.46. The van der Waals surface area contributed by atoms with E-state index in [0.29, 0.717) is 29.8 Å². The van der Waals surface area contributed by atoms with Crippen LogP contribution in [0.5, 0.6) is 0 Å². The van der Waals surface area contributed by atoms with E-state index in [1.54, 1.807) is 6.07 Å². The number of carbonyl (C=O) groups excluding carboxylic acids is 1. The van der Waals surface area contributed by atoms with Crippen molar-refractivity contribution in [1.29, 1.82) is 0 Å². The van der Waals surface area contributed by atoms with Crippen molar-refractivity contribution < 1.29 is 9.53 Å². The Morgan fingerprint density at radius 1 is 1.32 bits per heavy atom. The summed E-state index contributed by atoms with van der Waals surface area (Å²) in [5, 5.41) is 3.55. The number of nitrogens with zero attached hydrogens (tertiary/aromatic N) is 2. The summed E-state index contributed by atoms with van der Waals surface area (Å²) in [6.07, 6.45) is 0. The third-order valence-corrected chi connectivity index (χ3v) is 4.80. The molecule has 0 unspecified atom stereocenters. The lowest BCUT2D eigenvalue weighted by molar-refractivity contribution is 0.0643. The van der Waals surface area contributed by atoms with Gasteiger partial charge in [0.15, 0.2) is 0 Å². The van der Waals surface area contributed by atoms with Gasteiger partial charge in [0.05, 0.1) is 30.0 Å². The van der Waals surface area contributed by atoms with Gasteiger partial charge in [0.25, 0.3) is 0 Å². The molecule has 2 aliphatic rings. The smallest absolute Gasteiger partial charge is 0.321 e. The average molecular weight is 324 g/mol. The van der Waals surface area contributed by atoms with E-state index in [9.17, 15) is 4.79 Å². The summed E-state index contributed by atoms with van der Waals surface area (Å²) in [5.41, 5.74) is 1.67. The minimum Gasteiger partial charge on any atom is -0.379 e. The molecule has 3 rings (SSSR count). The molecule has 22 heavy (non-hydrogen) atoms. The van der Waals surface area contributed by atoms with Gasteiger partial charge < -0.3 is 15.0 Å². The zero-order valence-electron chi connectivity index (χ0n) is 13.0. The summed E-state index contributed by atoms with van der Waals surface area (Å²) < 4.78 is 5.70. The van der Waals surface area contributed by atoms with E-state index in [4.69, 9.17) is 16.3 Å². The molecule has 0 aliphatic carbocycles. The molecule has 120 valence electrons. The number of rotatable bonds is 1. The first kappa shape index (κ1) is 15.6. The lowest BCUT2D eigenvalue weighted by atomic mass is 10.1. The van der Waals surface area contributed by atoms with E-state index in [1.165, 1.54) is 0 Å². The van der Waals surface area contributed by atoms with Crippen molar-refractivity contribution in [1.82, 2.24) is 9.80 Å². The molecule has 2 heterocycles. The summed E-state index contributed by atoms with van der Waals surface area (Å²) in [6.45, 7) is 5.72. The molecule has 2 bridgehead atoms. The first-order chi connectivity index (χ1) is 10.5. The number of hydrogen-bond donors (Lipinski definition) is 1. The molecule has 2 atom stereocenters. The van der Waals surface area contributed by atoms with Crippen molar-refractivity contribution in [2.24, 2.45) is 5.92 Å². The van der Waals surface area contributed by atoms with Crippen LogP contribution in [0.25, 0.3) is 0 Å². The maximum atomic E-state index is 12.7. The van der Waals surface area contributed by atoms with Crippen molar-refractivity contribution >= 4 is 23.3 Å². The molecule has 2 fully saturated rings. The monoisotopic (exact) mass is 323 g/mol. The predicted molar refractivity (Wildman–Crippen MR) is 87.5 cm³/mol. The molecule has 1 N–H and O–H groups in total. The van der Waals surface area contributed by atoms with Crippen molar-refractivity contribution in [3.63, 3.8) is 0 Å². The number of ether oxygens (including phenoxy) is 1. The minimum absolute atomic E-state index is 0.0802. The fraction of sp³-hybridized carbons (Fsp3) is 0.562. The van der Waals surface area contributed by atoms with Gasteiger partial charge in [-0.2, -0.15) is 0 Å². The number of carbonyl (C=O) groups is 1. The van der Waals surface area contributed by atoms with Gasteiger partial charge in [-0.3, -0.25) is 4.90 Å². The normalized spacial score (nSPS) is 25.7. The van der Waals surface area contributed by atoms with E-state index in [1.807, 2.05) is 24.0 Å². The molecule has 0 saturated carbocycles. The van der Waals surface area contributed by atoms with E-state index in [0.717, 1.165) is 25.3 Å². The number of hydrogen-bond acceptors (Lipinski definition) is 3. The average Bonchev–Trinajstić information content (AvgIpc) is 2.71. The summed E-state index contributed by atoms with van der Waals surface area (Å²) in [7, 11) is 2.10. The van der Waals surface area contributed by atoms with Gasteiger partial charge in [-0.1, -0.05) is 23.7 Å². The molecule has 0 spiro atoms. The van der Waals surface area contributed by atoms with Gasteiger partial charge in [0, 0.05) is 25.6 Å². The van der Waals surface area contributed by atoms with Crippen LogP contribution in [0.15, 0.2) is 18.2 Å². The predicted octanol–water partition coefficient (Wildman–Crippen LogP) is 2.44. The maximum Gasteiger partial charge on any atom is 0.321 e. The van der Waals surface area contributed by atoms with E-state index >= 15 is 0 Å². The fourth-order valence-corrected chi connectivity index (χ4v) is 3.46. The van der Waals surface area contributed by atoms with Crippen molar-refractivity contribution in [3.05, 3.63) is 28.8 Å². The van der Waals surface area contributed by atoms with Gasteiger partial charge in [-0.25, -0.2) is 4.79 Å². The number of para-hydroxylation sites is 1. The molecular formula is C16H22ClN3O2. The molecule has 2 aliphatic heterocycles. The van der Waals surface area contributed by atoms with Crippen LogP contribution >= 0.6 is 11.6 Å². The number of nitrogens with one attached hydrogen (secondary N) is 1. The second-order valence-corrected chi connectivity index (χ2v) is 6.67. The highest BCUT2D eigenvalue weighted by atomic mass is 35.5. The fourth-order valence-electron chi connectivity index (χ4n) is 3.19. The number of urea groups is 1. The van der Waals surface area contributed by atoms with Crippen LogP contribution in [0, 0.1) is 12.8 Å². The zero-order chi connectivity index (χ0) is 15.7. The molecule has 0 aromatic heterocycles. The number of amides is 2. The Kier molecular flexibility index (Phi) is 4.57. The molecule has 1 aromatic rings. The van der Waals surface area contributed by atoms with Crippen LogP contribution in [0.3, 0.4) is 0 Å².